The first-order valence-corrected chi connectivity index (χ1v) is 9.76. The Kier molecular flexibility index (Phi) is 6.45. The van der Waals surface area contributed by atoms with Crippen LogP contribution in [0.15, 0.2) is 54.6 Å². The number of amides is 1. The minimum atomic E-state index is 0.00567. The molecule has 1 fully saturated rings. The van der Waals surface area contributed by atoms with E-state index in [-0.39, 0.29) is 5.91 Å². The van der Waals surface area contributed by atoms with E-state index < -0.39 is 0 Å². The number of carbonyl (C=O) groups is 1. The Morgan fingerprint density at radius 3 is 2.38 bits per heavy atom. The van der Waals surface area contributed by atoms with Crippen molar-refractivity contribution in [3.8, 4) is 0 Å². The van der Waals surface area contributed by atoms with E-state index in [1.165, 1.54) is 37.1 Å². The van der Waals surface area contributed by atoms with Crippen molar-refractivity contribution < 1.29 is 4.79 Å². The normalized spacial score (nSPS) is 17.0. The number of hydrogen-bond acceptors (Lipinski definition) is 2. The topological polar surface area (TPSA) is 32.3 Å². The third-order valence-corrected chi connectivity index (χ3v) is 5.44. The number of hydrogen-bond donors (Lipinski definition) is 1. The molecule has 26 heavy (non-hydrogen) atoms. The maximum absolute atomic E-state index is 12.4. The minimum absolute atomic E-state index is 0.00567. The minimum Gasteiger partial charge on any atom is -0.351 e. The molecule has 0 unspecified atom stereocenters. The van der Waals surface area contributed by atoms with E-state index in [1.807, 2.05) is 30.3 Å². The molecule has 1 saturated heterocycles. The summed E-state index contributed by atoms with van der Waals surface area (Å²) < 4.78 is 0. The maximum Gasteiger partial charge on any atom is 0.251 e. The van der Waals surface area contributed by atoms with Gasteiger partial charge >= 0.3 is 0 Å². The molecule has 0 radical (unpaired) electrons. The molecule has 1 aliphatic heterocycles. The highest BCUT2D eigenvalue weighted by molar-refractivity contribution is 5.94. The fourth-order valence-corrected chi connectivity index (χ4v) is 3.49. The largest absolute Gasteiger partial charge is 0.351 e. The summed E-state index contributed by atoms with van der Waals surface area (Å²) in [4.78, 5) is 14.9. The van der Waals surface area contributed by atoms with Gasteiger partial charge in [0.2, 0.25) is 0 Å². The number of piperidine rings is 1. The summed E-state index contributed by atoms with van der Waals surface area (Å²) in [6.45, 7) is 8.47. The lowest BCUT2D eigenvalue weighted by Gasteiger charge is -2.30. The molecule has 3 heteroatoms. The summed E-state index contributed by atoms with van der Waals surface area (Å²) in [5.41, 5.74) is 3.27. The summed E-state index contributed by atoms with van der Waals surface area (Å²) in [7, 11) is 0. The van der Waals surface area contributed by atoms with Crippen LogP contribution in [0.1, 0.15) is 54.1 Å². The second kappa shape index (κ2) is 9.00. The number of nitrogens with one attached hydrogen (secondary N) is 1. The van der Waals surface area contributed by atoms with Gasteiger partial charge in [0.05, 0.1) is 0 Å². The van der Waals surface area contributed by atoms with Crippen LogP contribution in [0.2, 0.25) is 0 Å². The van der Waals surface area contributed by atoms with Gasteiger partial charge in [-0.15, -0.1) is 0 Å². The molecule has 3 nitrogen and oxygen atoms in total. The Bertz CT molecular complexity index is 688. The lowest BCUT2D eigenvalue weighted by atomic mass is 9.99. The smallest absolute Gasteiger partial charge is 0.251 e. The van der Waals surface area contributed by atoms with Gasteiger partial charge in [0.25, 0.3) is 5.91 Å². The van der Waals surface area contributed by atoms with Crippen molar-refractivity contribution >= 4 is 5.91 Å². The molecular formula is C23H30N2O. The van der Waals surface area contributed by atoms with Gasteiger partial charge in [-0.25, -0.2) is 0 Å². The van der Waals surface area contributed by atoms with Crippen molar-refractivity contribution in [2.75, 3.05) is 19.6 Å². The van der Waals surface area contributed by atoms with Gasteiger partial charge in [0.15, 0.2) is 0 Å². The molecule has 0 saturated carbocycles. The summed E-state index contributed by atoms with van der Waals surface area (Å²) in [5.74, 6) is 1.17. The first-order chi connectivity index (χ1) is 12.6. The van der Waals surface area contributed by atoms with Gasteiger partial charge in [-0.3, -0.25) is 9.69 Å². The zero-order valence-electron chi connectivity index (χ0n) is 15.9. The lowest BCUT2D eigenvalue weighted by molar-refractivity contribution is 0.0951. The van der Waals surface area contributed by atoms with Crippen molar-refractivity contribution in [2.45, 2.75) is 39.2 Å². The standard InChI is InChI=1S/C23H30N2O/c1-18-12-14-25(15-13-18)17-20-8-10-22(11-9-20)23(26)24-16-19(2)21-6-4-3-5-7-21/h3-11,18-19H,12-17H2,1-2H3,(H,24,26)/t19-/m1/s1. The highest BCUT2D eigenvalue weighted by Gasteiger charge is 2.16. The third-order valence-electron chi connectivity index (χ3n) is 5.44. The zero-order chi connectivity index (χ0) is 18.4. The van der Waals surface area contributed by atoms with Gasteiger partial charge in [-0.2, -0.15) is 0 Å². The monoisotopic (exact) mass is 350 g/mol. The molecule has 1 atom stereocenters. The van der Waals surface area contributed by atoms with Crippen LogP contribution >= 0.6 is 0 Å². The number of rotatable bonds is 6. The van der Waals surface area contributed by atoms with Crippen molar-refractivity contribution in [2.24, 2.45) is 5.92 Å². The van der Waals surface area contributed by atoms with Crippen LogP contribution in [0.4, 0.5) is 0 Å². The lowest BCUT2D eigenvalue weighted by Crippen LogP contribution is -2.32. The third kappa shape index (κ3) is 5.18. The fourth-order valence-electron chi connectivity index (χ4n) is 3.49. The summed E-state index contributed by atoms with van der Waals surface area (Å²) in [6.07, 6.45) is 2.58. The molecule has 138 valence electrons. The molecule has 2 aromatic rings. The molecule has 0 bridgehead atoms. The van der Waals surface area contributed by atoms with E-state index >= 15 is 0 Å². The Morgan fingerprint density at radius 2 is 1.73 bits per heavy atom. The Balaban J connectivity index is 1.49. The Morgan fingerprint density at radius 1 is 1.08 bits per heavy atom. The number of likely N-dealkylation sites (tertiary alicyclic amines) is 1. The maximum atomic E-state index is 12.4. The molecule has 1 N–H and O–H groups in total. The SMILES string of the molecule is CC1CCN(Cc2ccc(C(=O)NC[C@@H](C)c3ccccc3)cc2)CC1. The second-order valence-corrected chi connectivity index (χ2v) is 7.68. The Labute approximate surface area is 157 Å². The van der Waals surface area contributed by atoms with Crippen LogP contribution in [0.3, 0.4) is 0 Å². The van der Waals surface area contributed by atoms with E-state index in [9.17, 15) is 4.79 Å². The molecule has 1 aliphatic rings. The number of benzene rings is 2. The first kappa shape index (κ1) is 18.7. The molecular weight excluding hydrogens is 320 g/mol. The van der Waals surface area contributed by atoms with Crippen molar-refractivity contribution in [3.05, 3.63) is 71.3 Å². The van der Waals surface area contributed by atoms with Crippen molar-refractivity contribution in [1.82, 2.24) is 10.2 Å². The predicted octanol–water partition coefficient (Wildman–Crippen LogP) is 4.45. The second-order valence-electron chi connectivity index (χ2n) is 7.68. The summed E-state index contributed by atoms with van der Waals surface area (Å²) in [6, 6.07) is 18.4. The van der Waals surface area contributed by atoms with Gasteiger partial charge < -0.3 is 5.32 Å². The van der Waals surface area contributed by atoms with Crippen LogP contribution in [-0.4, -0.2) is 30.4 Å². The molecule has 0 spiro atoms. The molecule has 0 aliphatic carbocycles. The van der Waals surface area contributed by atoms with Crippen molar-refractivity contribution in [3.63, 3.8) is 0 Å². The van der Waals surface area contributed by atoms with E-state index in [0.29, 0.717) is 12.5 Å². The van der Waals surface area contributed by atoms with Gasteiger partial charge in [-0.05, 0) is 61.0 Å². The van der Waals surface area contributed by atoms with Gasteiger partial charge in [0.1, 0.15) is 0 Å². The molecule has 1 amide bonds. The van der Waals surface area contributed by atoms with Crippen LogP contribution in [0.5, 0.6) is 0 Å². The van der Waals surface area contributed by atoms with Crippen molar-refractivity contribution in [1.29, 1.82) is 0 Å². The van der Waals surface area contributed by atoms with E-state index in [4.69, 9.17) is 0 Å². The van der Waals surface area contributed by atoms with Crippen LogP contribution in [0, 0.1) is 5.92 Å². The summed E-state index contributed by atoms with van der Waals surface area (Å²) in [5, 5.41) is 3.05. The molecule has 2 aromatic carbocycles. The average Bonchev–Trinajstić information content (AvgIpc) is 2.69. The average molecular weight is 351 g/mol. The van der Waals surface area contributed by atoms with Gasteiger partial charge in [0, 0.05) is 18.7 Å². The highest BCUT2D eigenvalue weighted by Crippen LogP contribution is 2.18. The van der Waals surface area contributed by atoms with Crippen LogP contribution in [0.25, 0.3) is 0 Å². The fraction of sp³-hybridized carbons (Fsp3) is 0.435. The summed E-state index contributed by atoms with van der Waals surface area (Å²) >= 11 is 0. The Hall–Kier alpha value is -2.13. The van der Waals surface area contributed by atoms with E-state index in [2.05, 4.69) is 48.3 Å². The van der Waals surface area contributed by atoms with Crippen LogP contribution in [-0.2, 0) is 6.54 Å². The first-order valence-electron chi connectivity index (χ1n) is 9.76. The van der Waals surface area contributed by atoms with E-state index in [1.54, 1.807) is 0 Å². The predicted molar refractivity (Wildman–Crippen MR) is 107 cm³/mol. The number of nitrogens with zero attached hydrogens (tertiary/aromatic N) is 1. The zero-order valence-corrected chi connectivity index (χ0v) is 15.9. The highest BCUT2D eigenvalue weighted by atomic mass is 16.1. The van der Waals surface area contributed by atoms with E-state index in [0.717, 1.165) is 18.0 Å². The molecule has 0 aromatic heterocycles. The molecule has 3 rings (SSSR count). The van der Waals surface area contributed by atoms with Crippen LogP contribution < -0.4 is 5.32 Å². The number of carbonyl (C=O) groups excluding carboxylic acids is 1. The van der Waals surface area contributed by atoms with Gasteiger partial charge in [-0.1, -0.05) is 56.3 Å². The molecule has 1 heterocycles. The quantitative estimate of drug-likeness (QED) is 0.835.